The molecule has 0 unspecified atom stereocenters. The summed E-state index contributed by atoms with van der Waals surface area (Å²) in [5.74, 6) is 0.283. The van der Waals surface area contributed by atoms with E-state index in [-0.39, 0.29) is 0 Å². The van der Waals surface area contributed by atoms with Gasteiger partial charge in [0.2, 0.25) is 0 Å². The first-order valence-electron chi connectivity index (χ1n) is 10.4. The molecule has 3 aromatic carbocycles. The van der Waals surface area contributed by atoms with E-state index in [4.69, 9.17) is 33.3 Å². The summed E-state index contributed by atoms with van der Waals surface area (Å²) in [6, 6.07) is 22.5. The summed E-state index contributed by atoms with van der Waals surface area (Å²) in [6.45, 7) is 2.53. The van der Waals surface area contributed by atoms with Crippen LogP contribution in [0.2, 0.25) is 5.02 Å². The second-order valence-corrected chi connectivity index (χ2v) is 8.51. The summed E-state index contributed by atoms with van der Waals surface area (Å²) in [7, 11) is 1.36. The van der Waals surface area contributed by atoms with Crippen LogP contribution in [0.4, 0.5) is 0 Å². The third kappa shape index (κ3) is 5.35. The Morgan fingerprint density at radius 2 is 1.79 bits per heavy atom. The van der Waals surface area contributed by atoms with Crippen LogP contribution in [0.15, 0.2) is 78.4 Å². The molecular weight excluding hydrogens is 456 g/mol. The van der Waals surface area contributed by atoms with E-state index in [1.807, 2.05) is 48.5 Å². The van der Waals surface area contributed by atoms with Crippen molar-refractivity contribution in [3.05, 3.63) is 106 Å². The number of nitrogens with one attached hydrogen (secondary N) is 2. The molecule has 0 aliphatic carbocycles. The monoisotopic (exact) mass is 478 g/mol. The number of benzene rings is 3. The van der Waals surface area contributed by atoms with Crippen LogP contribution in [0.3, 0.4) is 0 Å². The Labute approximate surface area is 203 Å². The molecule has 1 atom stereocenters. The van der Waals surface area contributed by atoms with E-state index in [0.29, 0.717) is 28.0 Å². The van der Waals surface area contributed by atoms with Gasteiger partial charge in [-0.3, -0.25) is 0 Å². The van der Waals surface area contributed by atoms with Gasteiger partial charge in [-0.2, -0.15) is 0 Å². The highest BCUT2D eigenvalue weighted by atomic mass is 35.5. The molecule has 5 nitrogen and oxygen atoms in total. The Balaban J connectivity index is 1.63. The van der Waals surface area contributed by atoms with Gasteiger partial charge in [0.05, 0.1) is 24.4 Å². The molecule has 168 valence electrons. The van der Waals surface area contributed by atoms with E-state index in [0.717, 1.165) is 22.4 Å². The van der Waals surface area contributed by atoms with Crippen LogP contribution in [0.25, 0.3) is 5.70 Å². The van der Waals surface area contributed by atoms with Crippen LogP contribution in [0.1, 0.15) is 28.3 Å². The first-order valence-corrected chi connectivity index (χ1v) is 11.2. The molecule has 3 aromatic rings. The van der Waals surface area contributed by atoms with Crippen LogP contribution in [0.5, 0.6) is 5.75 Å². The van der Waals surface area contributed by atoms with Gasteiger partial charge in [-0.15, -0.1) is 0 Å². The summed E-state index contributed by atoms with van der Waals surface area (Å²) >= 11 is 11.5. The molecule has 0 bridgehead atoms. The molecule has 0 amide bonds. The Bertz CT molecular complexity index is 1210. The number of methoxy groups -OCH3 is 1. The summed E-state index contributed by atoms with van der Waals surface area (Å²) < 4.78 is 11.0. The van der Waals surface area contributed by atoms with Gasteiger partial charge in [-0.05, 0) is 60.1 Å². The summed E-state index contributed by atoms with van der Waals surface area (Å²) in [5, 5.41) is 7.31. The average molecular weight is 479 g/mol. The smallest absolute Gasteiger partial charge is 0.338 e. The number of hydrogen-bond acceptors (Lipinski definition) is 4. The molecular formula is C26H23ClN2O3S. The SMILES string of the molecule is COC(=O)C1=C(c2ccc(Cl)cc2)NC(=S)N[C@H]1c1ccc(OCc2cccc(C)c2)cc1. The van der Waals surface area contributed by atoms with E-state index in [1.165, 1.54) is 12.7 Å². The molecule has 7 heteroatoms. The van der Waals surface area contributed by atoms with Gasteiger partial charge in [-0.1, -0.05) is 65.7 Å². The highest BCUT2D eigenvalue weighted by Crippen LogP contribution is 2.33. The standard InChI is InChI=1S/C26H23ClN2O3S/c1-16-4-3-5-17(14-16)15-32-21-12-8-19(9-13-21)24-22(25(30)31-2)23(28-26(33)29-24)18-6-10-20(27)11-7-18/h3-14,24H,15H2,1-2H3,(H2,28,29,33)/t24-/m0/s1. The van der Waals surface area contributed by atoms with Crippen molar-refractivity contribution in [2.45, 2.75) is 19.6 Å². The zero-order valence-electron chi connectivity index (χ0n) is 18.2. The number of thiocarbonyl (C=S) groups is 1. The molecule has 0 fully saturated rings. The highest BCUT2D eigenvalue weighted by Gasteiger charge is 2.32. The van der Waals surface area contributed by atoms with Gasteiger partial charge < -0.3 is 20.1 Å². The van der Waals surface area contributed by atoms with Crippen molar-refractivity contribution < 1.29 is 14.3 Å². The fourth-order valence-electron chi connectivity index (χ4n) is 3.71. The predicted octanol–water partition coefficient (Wildman–Crippen LogP) is 5.33. The number of rotatable bonds is 6. The van der Waals surface area contributed by atoms with Gasteiger partial charge in [-0.25, -0.2) is 4.79 Å². The lowest BCUT2D eigenvalue weighted by atomic mass is 9.93. The van der Waals surface area contributed by atoms with Gasteiger partial charge in [0.15, 0.2) is 5.11 Å². The molecule has 0 saturated heterocycles. The lowest BCUT2D eigenvalue weighted by Crippen LogP contribution is -2.45. The quantitative estimate of drug-likeness (QED) is 0.369. The lowest BCUT2D eigenvalue weighted by Gasteiger charge is -2.31. The van der Waals surface area contributed by atoms with Crippen LogP contribution < -0.4 is 15.4 Å². The minimum Gasteiger partial charge on any atom is -0.489 e. The molecule has 0 saturated carbocycles. The fourth-order valence-corrected chi connectivity index (χ4v) is 4.06. The Kier molecular flexibility index (Phi) is 6.96. The van der Waals surface area contributed by atoms with Crippen LogP contribution in [0, 0.1) is 6.92 Å². The van der Waals surface area contributed by atoms with Crippen molar-refractivity contribution in [2.24, 2.45) is 0 Å². The molecule has 1 aliphatic heterocycles. The third-order valence-corrected chi connectivity index (χ3v) is 5.78. The lowest BCUT2D eigenvalue weighted by molar-refractivity contribution is -0.136. The van der Waals surface area contributed by atoms with E-state index >= 15 is 0 Å². The maximum Gasteiger partial charge on any atom is 0.338 e. The zero-order chi connectivity index (χ0) is 23.4. The molecule has 0 aromatic heterocycles. The molecule has 0 spiro atoms. The summed E-state index contributed by atoms with van der Waals surface area (Å²) in [5.41, 5.74) is 4.96. The zero-order valence-corrected chi connectivity index (χ0v) is 19.8. The largest absolute Gasteiger partial charge is 0.489 e. The topological polar surface area (TPSA) is 59.6 Å². The Hall–Kier alpha value is -3.35. The molecule has 0 radical (unpaired) electrons. The Morgan fingerprint density at radius 3 is 2.45 bits per heavy atom. The maximum atomic E-state index is 12.8. The van der Waals surface area contributed by atoms with E-state index < -0.39 is 12.0 Å². The summed E-state index contributed by atoms with van der Waals surface area (Å²) in [6.07, 6.45) is 0. The van der Waals surface area contributed by atoms with Crippen LogP contribution in [-0.4, -0.2) is 18.2 Å². The van der Waals surface area contributed by atoms with Crippen LogP contribution >= 0.6 is 23.8 Å². The van der Waals surface area contributed by atoms with Gasteiger partial charge in [0.25, 0.3) is 0 Å². The molecule has 33 heavy (non-hydrogen) atoms. The van der Waals surface area contributed by atoms with Crippen LogP contribution in [-0.2, 0) is 16.1 Å². The average Bonchev–Trinajstić information content (AvgIpc) is 2.82. The number of ether oxygens (including phenoxy) is 2. The van der Waals surface area contributed by atoms with Crippen molar-refractivity contribution in [1.82, 2.24) is 10.6 Å². The molecule has 1 aliphatic rings. The number of esters is 1. The normalized spacial score (nSPS) is 15.5. The van der Waals surface area contributed by atoms with E-state index in [9.17, 15) is 4.79 Å². The molecule has 2 N–H and O–H groups in total. The maximum absolute atomic E-state index is 12.8. The first-order chi connectivity index (χ1) is 15.9. The van der Waals surface area contributed by atoms with E-state index in [1.54, 1.807) is 12.1 Å². The van der Waals surface area contributed by atoms with Gasteiger partial charge in [0, 0.05) is 5.02 Å². The number of carbonyl (C=O) groups excluding carboxylic acids is 1. The summed E-state index contributed by atoms with van der Waals surface area (Å²) in [4.78, 5) is 12.8. The van der Waals surface area contributed by atoms with Crippen molar-refractivity contribution in [3.8, 4) is 5.75 Å². The molecule has 1 heterocycles. The second kappa shape index (κ2) is 10.1. The Morgan fingerprint density at radius 1 is 1.06 bits per heavy atom. The minimum atomic E-state index is -0.484. The fraction of sp³-hybridized carbons (Fsp3) is 0.154. The van der Waals surface area contributed by atoms with Crippen molar-refractivity contribution in [1.29, 1.82) is 0 Å². The number of halogens is 1. The predicted molar refractivity (Wildman–Crippen MR) is 134 cm³/mol. The number of hydrogen-bond donors (Lipinski definition) is 2. The van der Waals surface area contributed by atoms with Gasteiger partial charge in [0.1, 0.15) is 12.4 Å². The second-order valence-electron chi connectivity index (χ2n) is 7.67. The van der Waals surface area contributed by atoms with Crippen molar-refractivity contribution in [3.63, 3.8) is 0 Å². The highest BCUT2D eigenvalue weighted by molar-refractivity contribution is 7.80. The number of carbonyl (C=O) groups is 1. The first kappa shape index (κ1) is 22.8. The van der Waals surface area contributed by atoms with E-state index in [2.05, 4.69) is 29.7 Å². The third-order valence-electron chi connectivity index (χ3n) is 5.31. The molecule has 4 rings (SSSR count). The minimum absolute atomic E-state index is 0.414. The number of aryl methyl sites for hydroxylation is 1. The van der Waals surface area contributed by atoms with Crippen molar-refractivity contribution >= 4 is 40.6 Å². The van der Waals surface area contributed by atoms with Gasteiger partial charge >= 0.3 is 5.97 Å². The van der Waals surface area contributed by atoms with Crippen molar-refractivity contribution in [2.75, 3.05) is 7.11 Å².